The van der Waals surface area contributed by atoms with Crippen LogP contribution in [0.3, 0.4) is 0 Å². The van der Waals surface area contributed by atoms with Gasteiger partial charge in [0, 0.05) is 33.2 Å². The fourth-order valence-corrected chi connectivity index (χ4v) is 4.37. The Bertz CT molecular complexity index is 1290. The number of ether oxygens (including phenoxy) is 1. The summed E-state index contributed by atoms with van der Waals surface area (Å²) < 4.78 is 5.18. The lowest BCUT2D eigenvalue weighted by Crippen LogP contribution is -2.13. The van der Waals surface area contributed by atoms with E-state index in [9.17, 15) is 9.59 Å². The average Bonchev–Trinajstić information content (AvgIpc) is 3.37. The molecule has 3 aromatic carbocycles. The molecule has 1 aliphatic carbocycles. The quantitative estimate of drug-likeness (QED) is 0.436. The van der Waals surface area contributed by atoms with E-state index in [1.165, 1.54) is 11.3 Å². The highest BCUT2D eigenvalue weighted by Gasteiger charge is 2.30. The molecule has 6 heteroatoms. The Kier molecular flexibility index (Phi) is 4.41. The first kappa shape index (κ1) is 18.3. The van der Waals surface area contributed by atoms with Crippen molar-refractivity contribution in [1.82, 2.24) is 4.98 Å². The Morgan fingerprint density at radius 3 is 2.43 bits per heavy atom. The number of benzene rings is 3. The van der Waals surface area contributed by atoms with Crippen LogP contribution in [0.15, 0.2) is 72.1 Å². The number of methoxy groups -OCH3 is 1. The molecule has 146 valence electrons. The van der Waals surface area contributed by atoms with E-state index in [-0.39, 0.29) is 11.7 Å². The molecule has 0 atom stereocenters. The maximum atomic E-state index is 13.0. The van der Waals surface area contributed by atoms with Crippen molar-refractivity contribution in [2.75, 3.05) is 12.4 Å². The summed E-state index contributed by atoms with van der Waals surface area (Å²) in [4.78, 5) is 30.3. The smallest absolute Gasteiger partial charge is 0.258 e. The second kappa shape index (κ2) is 7.24. The number of carbonyl (C=O) groups is 2. The van der Waals surface area contributed by atoms with E-state index < -0.39 is 0 Å². The largest absolute Gasteiger partial charge is 0.497 e. The van der Waals surface area contributed by atoms with Crippen molar-refractivity contribution < 1.29 is 14.3 Å². The number of thiazole rings is 1. The van der Waals surface area contributed by atoms with E-state index in [0.29, 0.717) is 27.4 Å². The SMILES string of the molecule is COc1ccc(-c2csc(NC(=O)c3cccc4c3-c3ccccc3C4=O)n2)cc1. The number of fused-ring (bicyclic) bond motifs is 3. The summed E-state index contributed by atoms with van der Waals surface area (Å²) in [6.07, 6.45) is 0. The molecule has 0 aliphatic heterocycles. The van der Waals surface area contributed by atoms with Crippen molar-refractivity contribution in [3.05, 3.63) is 88.8 Å². The van der Waals surface area contributed by atoms with Gasteiger partial charge in [-0.1, -0.05) is 36.4 Å². The molecule has 5 rings (SSSR count). The Hall–Kier alpha value is -3.77. The number of hydrogen-bond acceptors (Lipinski definition) is 5. The van der Waals surface area contributed by atoms with Gasteiger partial charge in [-0.05, 0) is 35.9 Å². The van der Waals surface area contributed by atoms with E-state index in [4.69, 9.17) is 4.74 Å². The first-order valence-corrected chi connectivity index (χ1v) is 10.2. The number of nitrogens with zero attached hydrogens (tertiary/aromatic N) is 1. The summed E-state index contributed by atoms with van der Waals surface area (Å²) in [6.45, 7) is 0. The normalized spacial score (nSPS) is 11.7. The summed E-state index contributed by atoms with van der Waals surface area (Å²) in [6, 6.07) is 20.2. The minimum absolute atomic E-state index is 0.0497. The number of anilines is 1. The molecule has 0 fully saturated rings. The predicted molar refractivity (Wildman–Crippen MR) is 117 cm³/mol. The van der Waals surface area contributed by atoms with Gasteiger partial charge in [0.2, 0.25) is 0 Å². The minimum atomic E-state index is -0.285. The van der Waals surface area contributed by atoms with E-state index in [1.807, 2.05) is 47.8 Å². The molecular weight excluding hydrogens is 396 g/mol. The average molecular weight is 412 g/mol. The Balaban J connectivity index is 1.44. The Morgan fingerprint density at radius 2 is 1.67 bits per heavy atom. The molecule has 0 saturated heterocycles. The molecule has 1 heterocycles. The van der Waals surface area contributed by atoms with Crippen LogP contribution >= 0.6 is 11.3 Å². The maximum Gasteiger partial charge on any atom is 0.258 e. The highest BCUT2D eigenvalue weighted by molar-refractivity contribution is 7.14. The fraction of sp³-hybridized carbons (Fsp3) is 0.0417. The van der Waals surface area contributed by atoms with Gasteiger partial charge in [0.1, 0.15) is 5.75 Å². The molecular formula is C24H16N2O3S. The monoisotopic (exact) mass is 412 g/mol. The van der Waals surface area contributed by atoms with Crippen LogP contribution in [-0.2, 0) is 0 Å². The predicted octanol–water partition coefficient (Wildman–Crippen LogP) is 5.28. The molecule has 0 radical (unpaired) electrons. The number of aromatic nitrogens is 1. The number of rotatable bonds is 4. The second-order valence-electron chi connectivity index (χ2n) is 6.82. The Morgan fingerprint density at radius 1 is 0.933 bits per heavy atom. The molecule has 0 bridgehead atoms. The van der Waals surface area contributed by atoms with Crippen LogP contribution in [-0.4, -0.2) is 23.8 Å². The first-order valence-electron chi connectivity index (χ1n) is 9.34. The lowest BCUT2D eigenvalue weighted by Gasteiger charge is -2.08. The van der Waals surface area contributed by atoms with E-state index >= 15 is 0 Å². The zero-order valence-electron chi connectivity index (χ0n) is 16.0. The number of ketones is 1. The third-order valence-corrected chi connectivity index (χ3v) is 5.86. The molecule has 1 N–H and O–H groups in total. The van der Waals surface area contributed by atoms with Gasteiger partial charge in [-0.3, -0.25) is 14.9 Å². The van der Waals surface area contributed by atoms with Crippen LogP contribution in [0.4, 0.5) is 5.13 Å². The summed E-state index contributed by atoms with van der Waals surface area (Å²) in [5.41, 5.74) is 4.84. The van der Waals surface area contributed by atoms with Crippen LogP contribution in [0.5, 0.6) is 5.75 Å². The van der Waals surface area contributed by atoms with Gasteiger partial charge in [-0.15, -0.1) is 11.3 Å². The van der Waals surface area contributed by atoms with Gasteiger partial charge in [-0.25, -0.2) is 4.98 Å². The number of amides is 1. The highest BCUT2D eigenvalue weighted by Crippen LogP contribution is 2.39. The standard InChI is InChI=1S/C24H16N2O3S/c1-29-15-11-9-14(10-12-15)20-13-30-24(25-20)26-23(28)19-8-4-7-18-21(19)16-5-2-3-6-17(16)22(18)27/h2-13H,1H3,(H,25,26,28). The first-order chi connectivity index (χ1) is 14.7. The van der Waals surface area contributed by atoms with E-state index in [0.717, 1.165) is 22.6 Å². The topological polar surface area (TPSA) is 68.3 Å². The van der Waals surface area contributed by atoms with Gasteiger partial charge in [-0.2, -0.15) is 0 Å². The summed E-state index contributed by atoms with van der Waals surface area (Å²) >= 11 is 1.36. The minimum Gasteiger partial charge on any atom is -0.497 e. The number of carbonyl (C=O) groups excluding carboxylic acids is 2. The van der Waals surface area contributed by atoms with Gasteiger partial charge in [0.05, 0.1) is 12.8 Å². The number of hydrogen-bond donors (Lipinski definition) is 1. The van der Waals surface area contributed by atoms with Crippen LogP contribution < -0.4 is 10.1 Å². The summed E-state index contributed by atoms with van der Waals surface area (Å²) in [5, 5.41) is 5.27. The van der Waals surface area contributed by atoms with Gasteiger partial charge < -0.3 is 4.74 Å². The molecule has 1 aliphatic rings. The second-order valence-corrected chi connectivity index (χ2v) is 7.68. The molecule has 4 aromatic rings. The molecule has 5 nitrogen and oxygen atoms in total. The van der Waals surface area contributed by atoms with E-state index in [2.05, 4.69) is 10.3 Å². The zero-order valence-corrected chi connectivity index (χ0v) is 16.8. The molecule has 0 unspecified atom stereocenters. The van der Waals surface area contributed by atoms with Crippen molar-refractivity contribution in [2.24, 2.45) is 0 Å². The van der Waals surface area contributed by atoms with Crippen molar-refractivity contribution in [3.8, 4) is 28.1 Å². The fourth-order valence-electron chi connectivity index (χ4n) is 3.66. The summed E-state index contributed by atoms with van der Waals surface area (Å²) in [7, 11) is 1.62. The van der Waals surface area contributed by atoms with Crippen LogP contribution in [0.25, 0.3) is 22.4 Å². The molecule has 0 saturated carbocycles. The third kappa shape index (κ3) is 2.98. The van der Waals surface area contributed by atoms with Gasteiger partial charge in [0.15, 0.2) is 10.9 Å². The molecule has 0 spiro atoms. The van der Waals surface area contributed by atoms with Crippen LogP contribution in [0, 0.1) is 0 Å². The highest BCUT2D eigenvalue weighted by atomic mass is 32.1. The Labute approximate surface area is 177 Å². The van der Waals surface area contributed by atoms with Crippen molar-refractivity contribution in [1.29, 1.82) is 0 Å². The maximum absolute atomic E-state index is 13.0. The summed E-state index contributed by atoms with van der Waals surface area (Å²) in [5.74, 6) is 0.438. The van der Waals surface area contributed by atoms with Crippen molar-refractivity contribution in [3.63, 3.8) is 0 Å². The van der Waals surface area contributed by atoms with Gasteiger partial charge >= 0.3 is 0 Å². The lowest BCUT2D eigenvalue weighted by atomic mass is 9.99. The van der Waals surface area contributed by atoms with Crippen molar-refractivity contribution in [2.45, 2.75) is 0 Å². The lowest BCUT2D eigenvalue weighted by molar-refractivity contribution is 0.102. The number of nitrogens with one attached hydrogen (secondary N) is 1. The van der Waals surface area contributed by atoms with Gasteiger partial charge in [0.25, 0.3) is 5.91 Å². The molecule has 30 heavy (non-hydrogen) atoms. The third-order valence-electron chi connectivity index (χ3n) is 5.11. The molecule has 1 aromatic heterocycles. The van der Waals surface area contributed by atoms with Crippen LogP contribution in [0.1, 0.15) is 26.3 Å². The molecule has 1 amide bonds. The van der Waals surface area contributed by atoms with E-state index in [1.54, 1.807) is 31.4 Å². The van der Waals surface area contributed by atoms with Crippen molar-refractivity contribution >= 4 is 28.2 Å². The van der Waals surface area contributed by atoms with Crippen LogP contribution in [0.2, 0.25) is 0 Å². The zero-order chi connectivity index (χ0) is 20.7.